The number of carboxylic acid groups (broad SMARTS) is 1. The fourth-order valence-electron chi connectivity index (χ4n) is 1.57. The topological polar surface area (TPSA) is 82.5 Å². The van der Waals surface area contributed by atoms with Crippen molar-refractivity contribution in [2.45, 2.75) is 26.4 Å². The van der Waals surface area contributed by atoms with E-state index in [1.807, 2.05) is 13.8 Å². The lowest BCUT2D eigenvalue weighted by molar-refractivity contribution is 0.0697. The van der Waals surface area contributed by atoms with E-state index in [-0.39, 0.29) is 5.56 Å². The van der Waals surface area contributed by atoms with E-state index in [0.29, 0.717) is 24.6 Å². The first-order valence-electron chi connectivity index (χ1n) is 5.60. The average Bonchev–Trinajstić information content (AvgIpc) is 2.25. The number of pyridine rings is 1. The summed E-state index contributed by atoms with van der Waals surface area (Å²) in [5.41, 5.74) is 0.597. The molecular formula is C12H18N2O3. The van der Waals surface area contributed by atoms with Crippen molar-refractivity contribution in [3.63, 3.8) is 0 Å². The van der Waals surface area contributed by atoms with Crippen LogP contribution in [-0.2, 0) is 0 Å². The Balaban J connectivity index is 2.60. The molecule has 1 aromatic rings. The van der Waals surface area contributed by atoms with E-state index in [2.05, 4.69) is 10.3 Å². The number of carbonyl (C=O) groups is 1. The Hall–Kier alpha value is -1.62. The van der Waals surface area contributed by atoms with Crippen molar-refractivity contribution in [3.05, 3.63) is 24.0 Å². The summed E-state index contributed by atoms with van der Waals surface area (Å²) in [5.74, 6) is -0.623. The molecule has 1 aromatic heterocycles. The molecule has 1 heterocycles. The van der Waals surface area contributed by atoms with Gasteiger partial charge in [-0.3, -0.25) is 4.98 Å². The number of anilines is 1. The molecule has 1 rings (SSSR count). The number of hydrogen-bond acceptors (Lipinski definition) is 4. The quantitative estimate of drug-likeness (QED) is 0.701. The Bertz CT molecular complexity index is 380. The summed E-state index contributed by atoms with van der Waals surface area (Å²) in [6.07, 6.45) is 3.01. The third-order valence-corrected chi connectivity index (χ3v) is 2.32. The van der Waals surface area contributed by atoms with E-state index in [0.717, 1.165) is 0 Å². The molecule has 0 aromatic carbocycles. The first-order chi connectivity index (χ1) is 8.00. The van der Waals surface area contributed by atoms with Crippen molar-refractivity contribution in [1.82, 2.24) is 4.98 Å². The Labute approximate surface area is 101 Å². The lowest BCUT2D eigenvalue weighted by Crippen LogP contribution is -2.22. The van der Waals surface area contributed by atoms with Crippen molar-refractivity contribution >= 4 is 11.7 Å². The number of aliphatic hydroxyl groups is 1. The second kappa shape index (κ2) is 6.20. The molecule has 1 atom stereocenters. The van der Waals surface area contributed by atoms with Gasteiger partial charge in [-0.25, -0.2) is 4.79 Å². The van der Waals surface area contributed by atoms with Crippen LogP contribution in [0.15, 0.2) is 18.5 Å². The van der Waals surface area contributed by atoms with Crippen LogP contribution in [0.2, 0.25) is 0 Å². The maximum atomic E-state index is 10.9. The van der Waals surface area contributed by atoms with E-state index in [4.69, 9.17) is 5.11 Å². The SMILES string of the molecule is CC(C)CC(O)CNc1ccncc1C(=O)O. The summed E-state index contributed by atoms with van der Waals surface area (Å²) in [6, 6.07) is 1.59. The highest BCUT2D eigenvalue weighted by Crippen LogP contribution is 2.14. The number of nitrogens with one attached hydrogen (secondary N) is 1. The zero-order chi connectivity index (χ0) is 12.8. The zero-order valence-electron chi connectivity index (χ0n) is 10.1. The lowest BCUT2D eigenvalue weighted by Gasteiger charge is -2.15. The predicted octanol–water partition coefficient (Wildman–Crippen LogP) is 1.60. The number of aromatic nitrogens is 1. The molecule has 0 saturated carbocycles. The van der Waals surface area contributed by atoms with Crippen molar-refractivity contribution in [2.24, 2.45) is 5.92 Å². The fourth-order valence-corrected chi connectivity index (χ4v) is 1.57. The molecule has 17 heavy (non-hydrogen) atoms. The van der Waals surface area contributed by atoms with Crippen molar-refractivity contribution in [2.75, 3.05) is 11.9 Å². The molecule has 0 amide bonds. The minimum Gasteiger partial charge on any atom is -0.478 e. The molecule has 3 N–H and O–H groups in total. The summed E-state index contributed by atoms with van der Waals surface area (Å²) in [4.78, 5) is 14.7. The maximum Gasteiger partial charge on any atom is 0.339 e. The fraction of sp³-hybridized carbons (Fsp3) is 0.500. The first kappa shape index (κ1) is 13.4. The molecular weight excluding hydrogens is 220 g/mol. The molecule has 5 nitrogen and oxygen atoms in total. The van der Waals surface area contributed by atoms with E-state index in [1.165, 1.54) is 12.4 Å². The van der Waals surface area contributed by atoms with Gasteiger partial charge in [-0.1, -0.05) is 13.8 Å². The van der Waals surface area contributed by atoms with Crippen LogP contribution in [-0.4, -0.2) is 33.8 Å². The summed E-state index contributed by atoms with van der Waals surface area (Å²) >= 11 is 0. The Morgan fingerprint density at radius 2 is 2.24 bits per heavy atom. The Kier molecular flexibility index (Phi) is 4.90. The lowest BCUT2D eigenvalue weighted by atomic mass is 10.1. The van der Waals surface area contributed by atoms with Crippen molar-refractivity contribution in [3.8, 4) is 0 Å². The van der Waals surface area contributed by atoms with Gasteiger partial charge in [0, 0.05) is 18.9 Å². The highest BCUT2D eigenvalue weighted by Gasteiger charge is 2.11. The number of aliphatic hydroxyl groups excluding tert-OH is 1. The van der Waals surface area contributed by atoms with E-state index >= 15 is 0 Å². The van der Waals surface area contributed by atoms with E-state index in [1.54, 1.807) is 6.07 Å². The highest BCUT2D eigenvalue weighted by molar-refractivity contribution is 5.93. The number of nitrogens with zero attached hydrogens (tertiary/aromatic N) is 1. The van der Waals surface area contributed by atoms with Crippen LogP contribution in [0.1, 0.15) is 30.6 Å². The molecule has 94 valence electrons. The van der Waals surface area contributed by atoms with Crippen molar-refractivity contribution < 1.29 is 15.0 Å². The van der Waals surface area contributed by atoms with Crippen LogP contribution in [0.4, 0.5) is 5.69 Å². The maximum absolute atomic E-state index is 10.9. The van der Waals surface area contributed by atoms with Gasteiger partial charge in [0.2, 0.25) is 0 Å². The Morgan fingerprint density at radius 1 is 1.53 bits per heavy atom. The monoisotopic (exact) mass is 238 g/mol. The van der Waals surface area contributed by atoms with Gasteiger partial charge in [-0.15, -0.1) is 0 Å². The van der Waals surface area contributed by atoms with Gasteiger partial charge in [0.15, 0.2) is 0 Å². The highest BCUT2D eigenvalue weighted by atomic mass is 16.4. The molecule has 0 aliphatic carbocycles. The van der Waals surface area contributed by atoms with Crippen molar-refractivity contribution in [1.29, 1.82) is 0 Å². The van der Waals surface area contributed by atoms with Gasteiger partial charge in [-0.2, -0.15) is 0 Å². The van der Waals surface area contributed by atoms with Gasteiger partial charge in [-0.05, 0) is 18.4 Å². The van der Waals surface area contributed by atoms with Crippen LogP contribution in [0.5, 0.6) is 0 Å². The third kappa shape index (κ3) is 4.40. The zero-order valence-corrected chi connectivity index (χ0v) is 10.1. The van der Waals surface area contributed by atoms with Crippen LogP contribution < -0.4 is 5.32 Å². The number of aromatic carboxylic acids is 1. The largest absolute Gasteiger partial charge is 0.478 e. The molecule has 0 radical (unpaired) electrons. The Morgan fingerprint density at radius 3 is 2.82 bits per heavy atom. The van der Waals surface area contributed by atoms with Gasteiger partial charge in [0.1, 0.15) is 5.56 Å². The second-order valence-electron chi connectivity index (χ2n) is 4.39. The molecule has 5 heteroatoms. The summed E-state index contributed by atoms with van der Waals surface area (Å²) in [6.45, 7) is 4.39. The number of rotatable bonds is 6. The smallest absolute Gasteiger partial charge is 0.339 e. The minimum absolute atomic E-state index is 0.115. The first-order valence-corrected chi connectivity index (χ1v) is 5.60. The summed E-state index contributed by atoms with van der Waals surface area (Å²) in [5, 5.41) is 21.5. The standard InChI is InChI=1S/C12H18N2O3/c1-8(2)5-9(15)6-14-11-3-4-13-7-10(11)12(16)17/h3-4,7-9,15H,5-6H2,1-2H3,(H,13,14)(H,16,17). The van der Waals surface area contributed by atoms with Gasteiger partial charge in [0.05, 0.1) is 11.8 Å². The molecule has 0 aliphatic heterocycles. The van der Waals surface area contributed by atoms with Crippen LogP contribution in [0, 0.1) is 5.92 Å². The number of hydrogen-bond donors (Lipinski definition) is 3. The third-order valence-electron chi connectivity index (χ3n) is 2.32. The normalized spacial score (nSPS) is 12.5. The minimum atomic E-state index is -1.03. The summed E-state index contributed by atoms with van der Waals surface area (Å²) < 4.78 is 0. The molecule has 0 bridgehead atoms. The molecule has 1 unspecified atom stereocenters. The number of carboxylic acids is 1. The molecule has 0 fully saturated rings. The van der Waals surface area contributed by atoms with Crippen LogP contribution in [0.3, 0.4) is 0 Å². The van der Waals surface area contributed by atoms with Crippen LogP contribution >= 0.6 is 0 Å². The summed E-state index contributed by atoms with van der Waals surface area (Å²) in [7, 11) is 0. The molecule has 0 aliphatic rings. The van der Waals surface area contributed by atoms with Gasteiger partial charge in [0.25, 0.3) is 0 Å². The predicted molar refractivity (Wildman–Crippen MR) is 65.1 cm³/mol. The molecule has 0 spiro atoms. The van der Waals surface area contributed by atoms with Crippen LogP contribution in [0.25, 0.3) is 0 Å². The molecule has 0 saturated heterocycles. The van der Waals surface area contributed by atoms with Gasteiger partial charge < -0.3 is 15.5 Å². The average molecular weight is 238 g/mol. The van der Waals surface area contributed by atoms with E-state index < -0.39 is 12.1 Å². The van der Waals surface area contributed by atoms with Gasteiger partial charge >= 0.3 is 5.97 Å². The second-order valence-corrected chi connectivity index (χ2v) is 4.39. The van der Waals surface area contributed by atoms with E-state index in [9.17, 15) is 9.90 Å².